The molecule has 0 heterocycles. The molecule has 1 aliphatic carbocycles. The van der Waals surface area contributed by atoms with Crippen LogP contribution >= 0.6 is 0 Å². The van der Waals surface area contributed by atoms with Gasteiger partial charge in [-0.15, -0.1) is 12.3 Å². The van der Waals surface area contributed by atoms with E-state index in [2.05, 4.69) is 10.6 Å². The van der Waals surface area contributed by atoms with E-state index in [0.717, 1.165) is 32.1 Å². The summed E-state index contributed by atoms with van der Waals surface area (Å²) in [4.78, 5) is 0. The zero-order valence-electron chi connectivity index (χ0n) is 7.62. The minimum Gasteiger partial charge on any atom is -0.215 e. The average molecular weight is 201 g/mol. The number of hydrogen-bond acceptors (Lipinski definition) is 2. The van der Waals surface area contributed by atoms with E-state index in [1.807, 2.05) is 0 Å². The van der Waals surface area contributed by atoms with E-state index in [1.165, 1.54) is 0 Å². The van der Waals surface area contributed by atoms with E-state index in [0.29, 0.717) is 6.54 Å². The van der Waals surface area contributed by atoms with Crippen molar-refractivity contribution in [2.45, 2.75) is 37.4 Å². The van der Waals surface area contributed by atoms with Crippen molar-refractivity contribution in [1.29, 1.82) is 0 Å². The minimum absolute atomic E-state index is 0.111. The molecule has 0 aromatic rings. The van der Waals surface area contributed by atoms with E-state index >= 15 is 0 Å². The van der Waals surface area contributed by atoms with Crippen molar-refractivity contribution in [3.8, 4) is 12.3 Å². The summed E-state index contributed by atoms with van der Waals surface area (Å²) in [6, 6.07) is 0. The van der Waals surface area contributed by atoms with Gasteiger partial charge in [0.25, 0.3) is 0 Å². The SMILES string of the molecule is C#CCCCCNS(=O)(=O)C1CC1. The van der Waals surface area contributed by atoms with Gasteiger partial charge in [-0.3, -0.25) is 0 Å². The topological polar surface area (TPSA) is 46.2 Å². The molecule has 1 saturated carbocycles. The Morgan fingerprint density at radius 1 is 1.38 bits per heavy atom. The molecule has 0 saturated heterocycles. The maximum atomic E-state index is 11.3. The average Bonchev–Trinajstić information content (AvgIpc) is 2.86. The van der Waals surface area contributed by atoms with Gasteiger partial charge < -0.3 is 0 Å². The summed E-state index contributed by atoms with van der Waals surface area (Å²) in [6.07, 6.45) is 9.15. The summed E-state index contributed by atoms with van der Waals surface area (Å²) < 4.78 is 25.1. The zero-order chi connectivity index (χ0) is 9.73. The highest BCUT2D eigenvalue weighted by atomic mass is 32.2. The highest BCUT2D eigenvalue weighted by Crippen LogP contribution is 2.27. The Morgan fingerprint density at radius 2 is 2.08 bits per heavy atom. The van der Waals surface area contributed by atoms with Gasteiger partial charge in [-0.25, -0.2) is 13.1 Å². The third kappa shape index (κ3) is 3.79. The van der Waals surface area contributed by atoms with Gasteiger partial charge in [0.15, 0.2) is 0 Å². The normalized spacial score (nSPS) is 16.8. The van der Waals surface area contributed by atoms with Crippen LogP contribution in [0.3, 0.4) is 0 Å². The van der Waals surface area contributed by atoms with E-state index in [4.69, 9.17) is 6.42 Å². The Kier molecular flexibility index (Phi) is 3.76. The van der Waals surface area contributed by atoms with E-state index in [9.17, 15) is 8.42 Å². The third-order valence-corrected chi connectivity index (χ3v) is 3.97. The molecule has 1 N–H and O–H groups in total. The number of sulfonamides is 1. The molecule has 0 atom stereocenters. The number of rotatable bonds is 6. The van der Waals surface area contributed by atoms with Crippen LogP contribution in [0.25, 0.3) is 0 Å². The maximum Gasteiger partial charge on any atom is 0.214 e. The van der Waals surface area contributed by atoms with Gasteiger partial charge in [0.1, 0.15) is 0 Å². The van der Waals surface area contributed by atoms with E-state index < -0.39 is 10.0 Å². The zero-order valence-corrected chi connectivity index (χ0v) is 8.44. The fourth-order valence-electron chi connectivity index (χ4n) is 1.06. The fraction of sp³-hybridized carbons (Fsp3) is 0.778. The molecule has 0 bridgehead atoms. The van der Waals surface area contributed by atoms with Gasteiger partial charge in [-0.1, -0.05) is 0 Å². The van der Waals surface area contributed by atoms with Crippen LogP contribution in [0.15, 0.2) is 0 Å². The van der Waals surface area contributed by atoms with Crippen molar-refractivity contribution >= 4 is 10.0 Å². The number of hydrogen-bond donors (Lipinski definition) is 1. The predicted octanol–water partition coefficient (Wildman–Crippen LogP) is 0.872. The van der Waals surface area contributed by atoms with Gasteiger partial charge in [0, 0.05) is 13.0 Å². The molecule has 4 heteroatoms. The van der Waals surface area contributed by atoms with Crippen molar-refractivity contribution in [2.24, 2.45) is 0 Å². The van der Waals surface area contributed by atoms with Crippen LogP contribution in [0.2, 0.25) is 0 Å². The smallest absolute Gasteiger partial charge is 0.214 e. The Hall–Kier alpha value is -0.530. The first-order valence-electron chi connectivity index (χ1n) is 4.59. The number of terminal acetylenes is 1. The quantitative estimate of drug-likeness (QED) is 0.512. The lowest BCUT2D eigenvalue weighted by molar-refractivity contribution is 0.576. The molecular formula is C9H15NO2S. The number of unbranched alkanes of at least 4 members (excludes halogenated alkanes) is 2. The summed E-state index contributed by atoms with van der Waals surface area (Å²) in [5.74, 6) is 2.52. The maximum absolute atomic E-state index is 11.3. The first-order valence-corrected chi connectivity index (χ1v) is 6.13. The largest absolute Gasteiger partial charge is 0.215 e. The molecule has 1 rings (SSSR count). The Labute approximate surface area is 80.0 Å². The summed E-state index contributed by atoms with van der Waals surface area (Å²) in [6.45, 7) is 0.528. The fourth-order valence-corrected chi connectivity index (χ4v) is 2.48. The third-order valence-electron chi connectivity index (χ3n) is 2.01. The van der Waals surface area contributed by atoms with Crippen LogP contribution in [0, 0.1) is 12.3 Å². The molecule has 0 spiro atoms. The highest BCUT2D eigenvalue weighted by molar-refractivity contribution is 7.90. The molecule has 0 aliphatic heterocycles. The van der Waals surface area contributed by atoms with Crippen LogP contribution in [0.5, 0.6) is 0 Å². The lowest BCUT2D eigenvalue weighted by Crippen LogP contribution is -2.28. The highest BCUT2D eigenvalue weighted by Gasteiger charge is 2.34. The molecule has 0 amide bonds. The molecule has 74 valence electrons. The summed E-state index contributed by atoms with van der Waals surface area (Å²) >= 11 is 0. The van der Waals surface area contributed by atoms with Crippen LogP contribution in [0.1, 0.15) is 32.1 Å². The minimum atomic E-state index is -2.98. The van der Waals surface area contributed by atoms with Gasteiger partial charge >= 0.3 is 0 Å². The van der Waals surface area contributed by atoms with Crippen molar-refractivity contribution in [1.82, 2.24) is 4.72 Å². The molecule has 1 fully saturated rings. The van der Waals surface area contributed by atoms with Crippen LogP contribution in [-0.4, -0.2) is 20.2 Å². The summed E-state index contributed by atoms with van der Waals surface area (Å²) in [5.41, 5.74) is 0. The van der Waals surface area contributed by atoms with Crippen molar-refractivity contribution in [2.75, 3.05) is 6.54 Å². The molecule has 0 aromatic heterocycles. The molecule has 1 aliphatic rings. The van der Waals surface area contributed by atoms with Crippen LogP contribution in [-0.2, 0) is 10.0 Å². The van der Waals surface area contributed by atoms with E-state index in [1.54, 1.807) is 0 Å². The number of nitrogens with one attached hydrogen (secondary N) is 1. The van der Waals surface area contributed by atoms with Crippen molar-refractivity contribution < 1.29 is 8.42 Å². The molecule has 0 unspecified atom stereocenters. The second kappa shape index (κ2) is 4.64. The molecular weight excluding hydrogens is 186 g/mol. The van der Waals surface area contributed by atoms with Crippen LogP contribution < -0.4 is 4.72 Å². The van der Waals surface area contributed by atoms with Crippen LogP contribution in [0.4, 0.5) is 0 Å². The van der Waals surface area contributed by atoms with Crippen molar-refractivity contribution in [3.63, 3.8) is 0 Å². The summed E-state index contributed by atoms with van der Waals surface area (Å²) in [7, 11) is -2.98. The molecule has 0 aromatic carbocycles. The molecule has 3 nitrogen and oxygen atoms in total. The standard InChI is InChI=1S/C9H15NO2S/c1-2-3-4-5-8-10-13(11,12)9-6-7-9/h1,9-10H,3-8H2. The second-order valence-electron chi connectivity index (χ2n) is 3.30. The second-order valence-corrected chi connectivity index (χ2v) is 5.35. The van der Waals surface area contributed by atoms with E-state index in [-0.39, 0.29) is 5.25 Å². The van der Waals surface area contributed by atoms with Gasteiger partial charge in [-0.2, -0.15) is 0 Å². The predicted molar refractivity (Wildman–Crippen MR) is 52.6 cm³/mol. The monoisotopic (exact) mass is 201 g/mol. The first kappa shape index (κ1) is 10.6. The van der Waals surface area contributed by atoms with Gasteiger partial charge in [0.05, 0.1) is 5.25 Å². The lowest BCUT2D eigenvalue weighted by atomic mass is 10.2. The molecule has 0 radical (unpaired) electrons. The Morgan fingerprint density at radius 3 is 2.62 bits per heavy atom. The molecule has 13 heavy (non-hydrogen) atoms. The summed E-state index contributed by atoms with van der Waals surface area (Å²) in [5, 5.41) is -0.111. The van der Waals surface area contributed by atoms with Gasteiger partial charge in [0.2, 0.25) is 10.0 Å². The lowest BCUT2D eigenvalue weighted by Gasteiger charge is -2.03. The Balaban J connectivity index is 2.09. The van der Waals surface area contributed by atoms with Gasteiger partial charge in [-0.05, 0) is 25.7 Å². The first-order chi connectivity index (χ1) is 6.17. The van der Waals surface area contributed by atoms with Crippen molar-refractivity contribution in [3.05, 3.63) is 0 Å². The Bertz CT molecular complexity index is 285.